The highest BCUT2D eigenvalue weighted by molar-refractivity contribution is 6.37. The number of rotatable bonds is 17. The molecule has 346 valence electrons. The average molecular weight is 912 g/mol. The molecule has 15 nitrogen and oxygen atoms in total. The van der Waals surface area contributed by atoms with Gasteiger partial charge in [-0.1, -0.05) is 18.2 Å². The molecule has 0 saturated heterocycles. The van der Waals surface area contributed by atoms with E-state index in [0.717, 1.165) is 5.56 Å². The van der Waals surface area contributed by atoms with Crippen molar-refractivity contribution in [1.82, 2.24) is 4.57 Å². The van der Waals surface area contributed by atoms with E-state index in [1.54, 1.807) is 74.9 Å². The van der Waals surface area contributed by atoms with Crippen LogP contribution in [0.4, 0.5) is 0 Å². The summed E-state index contributed by atoms with van der Waals surface area (Å²) in [5.41, 5.74) is 3.26. The molecule has 2 N–H and O–H groups in total. The van der Waals surface area contributed by atoms with Crippen molar-refractivity contribution < 1.29 is 67.2 Å². The van der Waals surface area contributed by atoms with Crippen LogP contribution >= 0.6 is 0 Å². The van der Waals surface area contributed by atoms with E-state index in [1.807, 2.05) is 22.8 Å². The molecular weight excluding hydrogens is 863 g/mol. The van der Waals surface area contributed by atoms with Crippen LogP contribution in [-0.4, -0.2) is 97.8 Å². The van der Waals surface area contributed by atoms with Gasteiger partial charge < -0.3 is 62.1 Å². The zero-order chi connectivity index (χ0) is 47.8. The van der Waals surface area contributed by atoms with Crippen molar-refractivity contribution in [2.75, 3.05) is 71.1 Å². The predicted molar refractivity (Wildman–Crippen MR) is 255 cm³/mol. The molecule has 0 aliphatic rings. The second-order valence-corrected chi connectivity index (χ2v) is 15.3. The van der Waals surface area contributed by atoms with Crippen LogP contribution in [-0.2, 0) is 13.0 Å². The van der Waals surface area contributed by atoms with Gasteiger partial charge in [0.2, 0.25) is 0 Å². The van der Waals surface area contributed by atoms with Crippen LogP contribution in [0.1, 0.15) is 26.3 Å². The SMILES string of the molecule is COc1ccc(CCn2c3c(-c4ccc(OC)c(OC)c4)c(C(=O)O)c4cc(OC)c(OC)cc4c3c3c4cc(OC)c(OC)cc4c(C(=O)O)c(-c4ccc(OC)c(OC)c4)c32)cc1OC. The molecule has 1 aromatic heterocycles. The normalized spacial score (nSPS) is 11.2. The molecule has 0 unspecified atom stereocenters. The molecule has 0 radical (unpaired) electrons. The number of carboxylic acids is 2. The number of carboxylic acid groups (broad SMARTS) is 2. The molecule has 0 fully saturated rings. The molecule has 0 aliphatic carbocycles. The van der Waals surface area contributed by atoms with Crippen LogP contribution in [0.25, 0.3) is 65.6 Å². The van der Waals surface area contributed by atoms with Crippen molar-refractivity contribution in [3.05, 3.63) is 95.6 Å². The number of hydrogen-bond donors (Lipinski definition) is 2. The number of ether oxygens (including phenoxy) is 10. The van der Waals surface area contributed by atoms with E-state index in [9.17, 15) is 19.8 Å². The van der Waals surface area contributed by atoms with Crippen LogP contribution in [0.3, 0.4) is 0 Å². The number of aryl methyl sites for hydroxylation is 2. The third kappa shape index (κ3) is 7.41. The quantitative estimate of drug-likeness (QED) is 0.0884. The van der Waals surface area contributed by atoms with Gasteiger partial charge in [0, 0.05) is 39.2 Å². The fraction of sp³-hybridized carbons (Fsp3) is 0.231. The highest BCUT2D eigenvalue weighted by Crippen LogP contribution is 2.53. The summed E-state index contributed by atoms with van der Waals surface area (Å²) in [5, 5.41) is 25.9. The van der Waals surface area contributed by atoms with E-state index in [-0.39, 0.29) is 17.7 Å². The average Bonchev–Trinajstić information content (AvgIpc) is 3.70. The molecule has 8 aromatic rings. The number of aromatic nitrogens is 1. The van der Waals surface area contributed by atoms with Crippen molar-refractivity contribution in [2.45, 2.75) is 13.0 Å². The molecule has 15 heteroatoms. The second kappa shape index (κ2) is 18.4. The summed E-state index contributed by atoms with van der Waals surface area (Å²) in [6, 6.07) is 22.9. The third-order valence-electron chi connectivity index (χ3n) is 12.2. The lowest BCUT2D eigenvalue weighted by atomic mass is 9.87. The van der Waals surface area contributed by atoms with Crippen LogP contribution in [0.5, 0.6) is 57.5 Å². The highest BCUT2D eigenvalue weighted by atomic mass is 16.5. The maximum absolute atomic E-state index is 14.2. The summed E-state index contributed by atoms with van der Waals surface area (Å²) in [5.74, 6) is 1.41. The summed E-state index contributed by atoms with van der Waals surface area (Å²) in [4.78, 5) is 28.3. The monoisotopic (exact) mass is 911 g/mol. The van der Waals surface area contributed by atoms with E-state index in [0.29, 0.717) is 130 Å². The van der Waals surface area contributed by atoms with Gasteiger partial charge in [0.05, 0.1) is 93.3 Å². The number of fused-ring (bicyclic) bond motifs is 7. The highest BCUT2D eigenvalue weighted by Gasteiger charge is 2.33. The second-order valence-electron chi connectivity index (χ2n) is 15.3. The van der Waals surface area contributed by atoms with E-state index < -0.39 is 11.9 Å². The Morgan fingerprint density at radius 2 is 0.716 bits per heavy atom. The standard InChI is InChI=1S/C52H49NO14/c1-58-33-14-11-26(19-36(33)61-4)17-18-53-49-43(27-12-15-34(59-2)37(20-27)62-5)47(51(54)55)31-24-41(66-9)39(64-7)22-29(31)45(49)46-30-23-40(65-8)42(67-10)25-32(30)48(52(56)57)44(50(46)53)28-13-16-35(60-3)38(21-28)63-6/h11-16,19-25H,17-18H2,1-10H3,(H,54,55)(H,56,57). The van der Waals surface area contributed by atoms with Gasteiger partial charge in [0.25, 0.3) is 0 Å². The van der Waals surface area contributed by atoms with Crippen LogP contribution in [0.2, 0.25) is 0 Å². The van der Waals surface area contributed by atoms with Crippen LogP contribution in [0.15, 0.2) is 78.9 Å². The number of carbonyl (C=O) groups is 2. The molecule has 0 spiro atoms. The van der Waals surface area contributed by atoms with E-state index in [4.69, 9.17) is 47.4 Å². The summed E-state index contributed by atoms with van der Waals surface area (Å²) in [6.45, 7) is 0.186. The minimum absolute atomic E-state index is 0.0551. The molecule has 0 bridgehead atoms. The number of hydrogen-bond acceptors (Lipinski definition) is 12. The molecule has 7 aromatic carbocycles. The summed E-state index contributed by atoms with van der Waals surface area (Å²) >= 11 is 0. The first kappa shape index (κ1) is 45.4. The van der Waals surface area contributed by atoms with E-state index in [1.165, 1.54) is 56.9 Å². The Kier molecular flexibility index (Phi) is 12.4. The van der Waals surface area contributed by atoms with Gasteiger partial charge in [-0.25, -0.2) is 9.59 Å². The van der Waals surface area contributed by atoms with Gasteiger partial charge in [0.1, 0.15) is 0 Å². The zero-order valence-electron chi connectivity index (χ0n) is 38.7. The van der Waals surface area contributed by atoms with Crippen molar-refractivity contribution in [3.8, 4) is 79.7 Å². The molecule has 0 aliphatic heterocycles. The van der Waals surface area contributed by atoms with Gasteiger partial charge in [-0.3, -0.25) is 0 Å². The fourth-order valence-corrected chi connectivity index (χ4v) is 9.24. The first-order chi connectivity index (χ1) is 32.4. The van der Waals surface area contributed by atoms with Gasteiger partial charge in [0.15, 0.2) is 57.5 Å². The lowest BCUT2D eigenvalue weighted by molar-refractivity contribution is 0.0689. The predicted octanol–water partition coefficient (Wildman–Crippen LogP) is 10.2. The van der Waals surface area contributed by atoms with Crippen molar-refractivity contribution in [2.24, 2.45) is 0 Å². The lowest BCUT2D eigenvalue weighted by Crippen LogP contribution is -2.09. The Labute approximate surface area is 385 Å². The Balaban J connectivity index is 1.75. The van der Waals surface area contributed by atoms with Crippen LogP contribution < -0.4 is 47.4 Å². The summed E-state index contributed by atoms with van der Waals surface area (Å²) in [7, 11) is 15.1. The number of nitrogens with zero attached hydrogens (tertiary/aromatic N) is 1. The van der Waals surface area contributed by atoms with Gasteiger partial charge in [-0.05, 0) is 94.5 Å². The lowest BCUT2D eigenvalue weighted by Gasteiger charge is -2.20. The Hall–Kier alpha value is -8.20. The Morgan fingerprint density at radius 3 is 1.06 bits per heavy atom. The van der Waals surface area contributed by atoms with Gasteiger partial charge >= 0.3 is 11.9 Å². The zero-order valence-corrected chi connectivity index (χ0v) is 38.7. The van der Waals surface area contributed by atoms with Gasteiger partial charge in [-0.2, -0.15) is 0 Å². The molecule has 0 saturated carbocycles. The molecule has 67 heavy (non-hydrogen) atoms. The first-order valence-corrected chi connectivity index (χ1v) is 20.9. The van der Waals surface area contributed by atoms with Crippen molar-refractivity contribution >= 4 is 55.3 Å². The van der Waals surface area contributed by atoms with E-state index in [2.05, 4.69) is 0 Å². The Bertz CT molecular complexity index is 3090. The largest absolute Gasteiger partial charge is 0.493 e. The minimum atomic E-state index is -1.23. The molecule has 0 amide bonds. The maximum atomic E-state index is 14.2. The fourth-order valence-electron chi connectivity index (χ4n) is 9.24. The molecule has 8 rings (SSSR count). The smallest absolute Gasteiger partial charge is 0.337 e. The summed E-state index contributed by atoms with van der Waals surface area (Å²) < 4.78 is 59.6. The molecule has 1 heterocycles. The topological polar surface area (TPSA) is 172 Å². The summed E-state index contributed by atoms with van der Waals surface area (Å²) in [6.07, 6.45) is 0.356. The number of aromatic carboxylic acids is 2. The van der Waals surface area contributed by atoms with Gasteiger partial charge in [-0.15, -0.1) is 0 Å². The molecular formula is C52H49NO14. The number of benzene rings is 7. The van der Waals surface area contributed by atoms with Crippen LogP contribution in [0, 0.1) is 0 Å². The van der Waals surface area contributed by atoms with Crippen molar-refractivity contribution in [1.29, 1.82) is 0 Å². The van der Waals surface area contributed by atoms with E-state index >= 15 is 0 Å². The Morgan fingerprint density at radius 1 is 0.403 bits per heavy atom. The first-order valence-electron chi connectivity index (χ1n) is 20.9. The molecule has 0 atom stereocenters. The third-order valence-corrected chi connectivity index (χ3v) is 12.2. The van der Waals surface area contributed by atoms with Crippen molar-refractivity contribution in [3.63, 3.8) is 0 Å². The minimum Gasteiger partial charge on any atom is -0.493 e. The maximum Gasteiger partial charge on any atom is 0.337 e. The number of methoxy groups -OCH3 is 10.